The van der Waals surface area contributed by atoms with Gasteiger partial charge in [-0.15, -0.1) is 0 Å². The van der Waals surface area contributed by atoms with E-state index in [0.717, 1.165) is 13.1 Å². The molecule has 1 saturated carbocycles. The minimum atomic E-state index is 0.659. The van der Waals surface area contributed by atoms with Gasteiger partial charge in [0.2, 0.25) is 0 Å². The van der Waals surface area contributed by atoms with Crippen molar-refractivity contribution in [2.75, 3.05) is 33.7 Å². The molecule has 0 unspecified atom stereocenters. The molecule has 0 radical (unpaired) electrons. The normalized spacial score (nSPS) is 20.7. The van der Waals surface area contributed by atoms with E-state index in [9.17, 15) is 0 Å². The smallest absolute Gasteiger partial charge is 0.0101 e. The van der Waals surface area contributed by atoms with E-state index in [1.54, 1.807) is 0 Å². The number of nitrogens with one attached hydrogen (secondary N) is 1. The van der Waals surface area contributed by atoms with Gasteiger partial charge in [0.1, 0.15) is 0 Å². The van der Waals surface area contributed by atoms with Crippen LogP contribution < -0.4 is 5.32 Å². The Morgan fingerprint density at radius 3 is 2.45 bits per heavy atom. The molecule has 1 N–H and O–H groups in total. The Bertz CT molecular complexity index is 117. The van der Waals surface area contributed by atoms with E-state index in [1.807, 2.05) is 0 Å². The number of likely N-dealkylation sites (N-methyl/N-ethyl adjacent to an activating group) is 1. The van der Waals surface area contributed by atoms with Gasteiger partial charge >= 0.3 is 0 Å². The van der Waals surface area contributed by atoms with Gasteiger partial charge in [0.15, 0.2) is 0 Å². The Morgan fingerprint density at radius 2 is 2.00 bits per heavy atom. The third-order valence-corrected chi connectivity index (χ3v) is 2.39. The molecule has 2 nitrogen and oxygen atoms in total. The van der Waals surface area contributed by atoms with Crippen LogP contribution in [0, 0.1) is 5.41 Å². The van der Waals surface area contributed by atoms with Crippen LogP contribution in [0.4, 0.5) is 0 Å². The molecule has 1 fully saturated rings. The van der Waals surface area contributed by atoms with E-state index >= 15 is 0 Å². The van der Waals surface area contributed by atoms with E-state index in [1.165, 1.54) is 19.4 Å². The maximum Gasteiger partial charge on any atom is 0.0101 e. The van der Waals surface area contributed by atoms with Crippen LogP contribution in [-0.2, 0) is 0 Å². The third kappa shape index (κ3) is 3.73. The fraction of sp³-hybridized carbons (Fsp3) is 1.00. The van der Waals surface area contributed by atoms with Gasteiger partial charge in [0.05, 0.1) is 0 Å². The number of hydrogen-bond acceptors (Lipinski definition) is 2. The first-order valence-electron chi connectivity index (χ1n) is 4.48. The van der Waals surface area contributed by atoms with Gasteiger partial charge in [-0.25, -0.2) is 0 Å². The fourth-order valence-electron chi connectivity index (χ4n) is 1.08. The van der Waals surface area contributed by atoms with Crippen LogP contribution in [0.1, 0.15) is 19.8 Å². The molecule has 0 bridgehead atoms. The second-order valence-electron chi connectivity index (χ2n) is 4.29. The highest BCUT2D eigenvalue weighted by Gasteiger charge is 2.36. The van der Waals surface area contributed by atoms with Crippen LogP contribution in [0.15, 0.2) is 0 Å². The molecular formula is C9H20N2. The van der Waals surface area contributed by atoms with Crippen molar-refractivity contribution in [1.82, 2.24) is 10.2 Å². The largest absolute Gasteiger partial charge is 0.315 e. The maximum absolute atomic E-state index is 3.48. The van der Waals surface area contributed by atoms with Crippen molar-refractivity contribution >= 4 is 0 Å². The Hall–Kier alpha value is -0.0800. The zero-order chi connectivity index (χ0) is 8.32. The van der Waals surface area contributed by atoms with E-state index < -0.39 is 0 Å². The average Bonchev–Trinajstić information content (AvgIpc) is 2.62. The van der Waals surface area contributed by atoms with Crippen molar-refractivity contribution in [3.05, 3.63) is 0 Å². The molecule has 0 saturated heterocycles. The minimum absolute atomic E-state index is 0.659. The Kier molecular flexibility index (Phi) is 2.90. The second kappa shape index (κ2) is 3.55. The molecule has 0 spiro atoms. The number of rotatable bonds is 5. The van der Waals surface area contributed by atoms with Crippen molar-refractivity contribution in [2.24, 2.45) is 5.41 Å². The molecule has 0 aliphatic heterocycles. The first kappa shape index (κ1) is 9.01. The van der Waals surface area contributed by atoms with Crippen molar-refractivity contribution in [2.45, 2.75) is 19.8 Å². The second-order valence-corrected chi connectivity index (χ2v) is 4.29. The summed E-state index contributed by atoms with van der Waals surface area (Å²) in [5, 5.41) is 3.48. The van der Waals surface area contributed by atoms with Crippen LogP contribution in [0.3, 0.4) is 0 Å². The summed E-state index contributed by atoms with van der Waals surface area (Å²) >= 11 is 0. The maximum atomic E-state index is 3.48. The highest BCUT2D eigenvalue weighted by molar-refractivity contribution is 4.90. The summed E-state index contributed by atoms with van der Waals surface area (Å²) in [6.45, 7) is 5.84. The summed E-state index contributed by atoms with van der Waals surface area (Å²) in [6.07, 6.45) is 2.84. The predicted molar refractivity (Wildman–Crippen MR) is 48.8 cm³/mol. The highest BCUT2D eigenvalue weighted by Crippen LogP contribution is 2.43. The zero-order valence-electron chi connectivity index (χ0n) is 7.98. The third-order valence-electron chi connectivity index (χ3n) is 2.39. The Labute approximate surface area is 70.0 Å². The van der Waals surface area contributed by atoms with Crippen LogP contribution in [0.25, 0.3) is 0 Å². The van der Waals surface area contributed by atoms with Crippen LogP contribution >= 0.6 is 0 Å². The molecule has 0 heterocycles. The molecule has 1 aliphatic carbocycles. The molecular weight excluding hydrogens is 136 g/mol. The van der Waals surface area contributed by atoms with Gasteiger partial charge in [-0.1, -0.05) is 6.92 Å². The topological polar surface area (TPSA) is 15.3 Å². The van der Waals surface area contributed by atoms with Crippen molar-refractivity contribution in [1.29, 1.82) is 0 Å². The van der Waals surface area contributed by atoms with Crippen molar-refractivity contribution < 1.29 is 0 Å². The molecule has 0 aromatic carbocycles. The Morgan fingerprint density at radius 1 is 1.36 bits per heavy atom. The summed E-state index contributed by atoms with van der Waals surface area (Å²) in [7, 11) is 4.22. The quantitative estimate of drug-likeness (QED) is 0.596. The van der Waals surface area contributed by atoms with Crippen LogP contribution in [0.2, 0.25) is 0 Å². The van der Waals surface area contributed by atoms with Gasteiger partial charge < -0.3 is 10.2 Å². The highest BCUT2D eigenvalue weighted by atomic mass is 15.1. The van der Waals surface area contributed by atoms with Gasteiger partial charge in [0, 0.05) is 19.6 Å². The van der Waals surface area contributed by atoms with E-state index in [-0.39, 0.29) is 0 Å². The fourth-order valence-corrected chi connectivity index (χ4v) is 1.08. The lowest BCUT2D eigenvalue weighted by Gasteiger charge is -2.12. The molecule has 0 atom stereocenters. The molecule has 0 aromatic rings. The van der Waals surface area contributed by atoms with E-state index in [2.05, 4.69) is 31.2 Å². The van der Waals surface area contributed by atoms with Crippen molar-refractivity contribution in [3.63, 3.8) is 0 Å². The van der Waals surface area contributed by atoms with Gasteiger partial charge in [-0.05, 0) is 32.4 Å². The van der Waals surface area contributed by atoms with E-state index in [0.29, 0.717) is 5.41 Å². The summed E-state index contributed by atoms with van der Waals surface area (Å²) in [5.41, 5.74) is 0.659. The number of nitrogens with zero attached hydrogens (tertiary/aromatic N) is 1. The molecule has 0 amide bonds. The first-order valence-corrected chi connectivity index (χ1v) is 4.48. The molecule has 1 rings (SSSR count). The molecule has 0 aromatic heterocycles. The summed E-state index contributed by atoms with van der Waals surface area (Å²) in [5.74, 6) is 0. The lowest BCUT2D eigenvalue weighted by Crippen LogP contribution is -2.30. The Balaban J connectivity index is 1.88. The lowest BCUT2D eigenvalue weighted by atomic mass is 10.1. The minimum Gasteiger partial charge on any atom is -0.315 e. The standard InChI is InChI=1S/C9H20N2/c1-9(4-5-9)8-10-6-7-11(2)3/h10H,4-8H2,1-3H3. The van der Waals surface area contributed by atoms with Gasteiger partial charge in [0.25, 0.3) is 0 Å². The van der Waals surface area contributed by atoms with Crippen molar-refractivity contribution in [3.8, 4) is 0 Å². The molecule has 11 heavy (non-hydrogen) atoms. The van der Waals surface area contributed by atoms with Crippen LogP contribution in [-0.4, -0.2) is 38.6 Å². The van der Waals surface area contributed by atoms with Gasteiger partial charge in [-0.3, -0.25) is 0 Å². The van der Waals surface area contributed by atoms with Crippen LogP contribution in [0.5, 0.6) is 0 Å². The van der Waals surface area contributed by atoms with E-state index in [4.69, 9.17) is 0 Å². The SMILES string of the molecule is CN(C)CCNCC1(C)CC1. The summed E-state index contributed by atoms with van der Waals surface area (Å²) in [4.78, 5) is 2.21. The molecule has 1 aliphatic rings. The zero-order valence-corrected chi connectivity index (χ0v) is 7.98. The first-order chi connectivity index (χ1) is 5.12. The van der Waals surface area contributed by atoms with Gasteiger partial charge in [-0.2, -0.15) is 0 Å². The summed E-state index contributed by atoms with van der Waals surface area (Å²) < 4.78 is 0. The molecule has 66 valence electrons. The average molecular weight is 156 g/mol. The summed E-state index contributed by atoms with van der Waals surface area (Å²) in [6, 6.07) is 0. The predicted octanol–water partition coefficient (Wildman–Crippen LogP) is 0.938. The monoisotopic (exact) mass is 156 g/mol. The lowest BCUT2D eigenvalue weighted by molar-refractivity contribution is 0.387. The molecule has 2 heteroatoms. The number of hydrogen-bond donors (Lipinski definition) is 1.